The lowest BCUT2D eigenvalue weighted by molar-refractivity contribution is -0.134. The highest BCUT2D eigenvalue weighted by molar-refractivity contribution is 5.81. The van der Waals surface area contributed by atoms with E-state index in [1.54, 1.807) is 11.0 Å². The second-order valence-electron chi connectivity index (χ2n) is 6.42. The average molecular weight is 299 g/mol. The third kappa shape index (κ3) is 5.04. The summed E-state index contributed by atoms with van der Waals surface area (Å²) in [5.74, 6) is -0.419. The summed E-state index contributed by atoms with van der Waals surface area (Å²) in [6.07, 6.45) is 3.11. The van der Waals surface area contributed by atoms with Gasteiger partial charge in [-0.3, -0.25) is 4.90 Å². The molecule has 0 aromatic heterocycles. The maximum absolute atomic E-state index is 12.3. The third-order valence-corrected chi connectivity index (χ3v) is 3.03. The summed E-state index contributed by atoms with van der Waals surface area (Å²) in [6, 6.07) is -0.171. The lowest BCUT2D eigenvalue weighted by atomic mass is 10.1. The number of ether oxygens (including phenoxy) is 3. The molecule has 0 aliphatic carbocycles. The molecule has 6 nitrogen and oxygen atoms in total. The summed E-state index contributed by atoms with van der Waals surface area (Å²) >= 11 is 0. The molecule has 1 heterocycles. The van der Waals surface area contributed by atoms with Crippen molar-refractivity contribution in [1.82, 2.24) is 4.90 Å². The van der Waals surface area contributed by atoms with Crippen molar-refractivity contribution in [1.29, 1.82) is 0 Å². The molecule has 1 aliphatic heterocycles. The van der Waals surface area contributed by atoms with Gasteiger partial charge in [-0.15, -0.1) is 0 Å². The topological polar surface area (TPSA) is 65.1 Å². The molecule has 1 fully saturated rings. The van der Waals surface area contributed by atoms with Gasteiger partial charge in [-0.1, -0.05) is 6.08 Å². The smallest absolute Gasteiger partial charge is 0.412 e. The third-order valence-electron chi connectivity index (χ3n) is 3.03. The first-order chi connectivity index (χ1) is 9.57. The van der Waals surface area contributed by atoms with Crippen molar-refractivity contribution in [3.8, 4) is 0 Å². The lowest BCUT2D eigenvalue weighted by Crippen LogP contribution is -2.49. The van der Waals surface area contributed by atoms with Crippen LogP contribution in [0.1, 0.15) is 41.0 Å². The number of carbonyl (C=O) groups is 2. The Morgan fingerprint density at radius 1 is 1.38 bits per heavy atom. The maximum atomic E-state index is 12.3. The summed E-state index contributed by atoms with van der Waals surface area (Å²) < 4.78 is 15.6. The van der Waals surface area contributed by atoms with E-state index in [-0.39, 0.29) is 6.04 Å². The second-order valence-corrected chi connectivity index (χ2v) is 6.42. The van der Waals surface area contributed by atoms with E-state index in [0.717, 1.165) is 0 Å². The van der Waals surface area contributed by atoms with Crippen LogP contribution in [0.4, 0.5) is 4.79 Å². The maximum Gasteiger partial charge on any atom is 0.412 e. The van der Waals surface area contributed by atoms with Crippen LogP contribution >= 0.6 is 0 Å². The first-order valence-corrected chi connectivity index (χ1v) is 6.97. The molecule has 0 unspecified atom stereocenters. The van der Waals surface area contributed by atoms with Crippen LogP contribution < -0.4 is 0 Å². The van der Waals surface area contributed by atoms with Crippen LogP contribution in [0.15, 0.2) is 12.2 Å². The van der Waals surface area contributed by atoms with Gasteiger partial charge in [0.05, 0.1) is 19.8 Å². The molecule has 1 saturated heterocycles. The van der Waals surface area contributed by atoms with Gasteiger partial charge in [-0.05, 0) is 41.0 Å². The standard InChI is InChI=1S/C15H25NO5/c1-14(2,3)21-13(18)16-11(10-20-15(16,4)5)8-7-9-12(17)19-6/h7,9,11H,8,10H2,1-6H3/b9-7+/t11-/m1/s1. The Hall–Kier alpha value is -1.56. The van der Waals surface area contributed by atoms with Gasteiger partial charge in [0.1, 0.15) is 11.3 Å². The van der Waals surface area contributed by atoms with Crippen LogP contribution in [0.5, 0.6) is 0 Å². The minimum atomic E-state index is -0.730. The Bertz CT molecular complexity index is 422. The van der Waals surface area contributed by atoms with Gasteiger partial charge in [0.25, 0.3) is 0 Å². The molecule has 1 atom stereocenters. The zero-order chi connectivity index (χ0) is 16.3. The number of methoxy groups -OCH3 is 1. The van der Waals surface area contributed by atoms with Crippen molar-refractivity contribution < 1.29 is 23.8 Å². The van der Waals surface area contributed by atoms with Crippen molar-refractivity contribution in [3.05, 3.63) is 12.2 Å². The fourth-order valence-electron chi connectivity index (χ4n) is 2.13. The molecule has 0 aromatic rings. The molecule has 0 N–H and O–H groups in total. The summed E-state index contributed by atoms with van der Waals surface area (Å²) in [6.45, 7) is 9.50. The number of amides is 1. The average Bonchev–Trinajstić information content (AvgIpc) is 2.62. The summed E-state index contributed by atoms with van der Waals surface area (Å²) in [5.41, 5.74) is -1.30. The van der Waals surface area contributed by atoms with Crippen molar-refractivity contribution in [3.63, 3.8) is 0 Å². The van der Waals surface area contributed by atoms with Crippen LogP contribution in [0.25, 0.3) is 0 Å². The lowest BCUT2D eigenvalue weighted by Gasteiger charge is -2.34. The number of nitrogens with zero attached hydrogens (tertiary/aromatic N) is 1. The van der Waals surface area contributed by atoms with Gasteiger partial charge in [0.2, 0.25) is 0 Å². The number of esters is 1. The molecule has 0 bridgehead atoms. The van der Waals surface area contributed by atoms with Gasteiger partial charge >= 0.3 is 12.1 Å². The van der Waals surface area contributed by atoms with Crippen LogP contribution in [0.3, 0.4) is 0 Å². The Morgan fingerprint density at radius 2 is 2.00 bits per heavy atom. The molecular weight excluding hydrogens is 274 g/mol. The fraction of sp³-hybridized carbons (Fsp3) is 0.733. The number of hydrogen-bond acceptors (Lipinski definition) is 5. The van der Waals surface area contributed by atoms with Gasteiger partial charge in [-0.2, -0.15) is 0 Å². The number of rotatable bonds is 3. The molecule has 1 rings (SSSR count). The number of carbonyl (C=O) groups excluding carboxylic acids is 2. The van der Waals surface area contributed by atoms with Crippen LogP contribution in [-0.2, 0) is 19.0 Å². The van der Waals surface area contributed by atoms with Crippen LogP contribution in [0.2, 0.25) is 0 Å². The van der Waals surface area contributed by atoms with Crippen LogP contribution in [-0.4, -0.2) is 48.0 Å². The monoisotopic (exact) mass is 299 g/mol. The van der Waals surface area contributed by atoms with Crippen molar-refractivity contribution >= 4 is 12.1 Å². The van der Waals surface area contributed by atoms with Crippen molar-refractivity contribution in [2.45, 2.75) is 58.4 Å². The Morgan fingerprint density at radius 3 is 2.52 bits per heavy atom. The Labute approximate surface area is 126 Å². The zero-order valence-corrected chi connectivity index (χ0v) is 13.6. The van der Waals surface area contributed by atoms with Crippen molar-refractivity contribution in [2.24, 2.45) is 0 Å². The SMILES string of the molecule is COC(=O)/C=C/C[C@@H]1COC(C)(C)N1C(=O)OC(C)(C)C. The molecule has 0 radical (unpaired) electrons. The van der Waals surface area contributed by atoms with Gasteiger partial charge in [0, 0.05) is 6.08 Å². The molecule has 1 aliphatic rings. The Kier molecular flexibility index (Phi) is 5.39. The van der Waals surface area contributed by atoms with E-state index in [4.69, 9.17) is 9.47 Å². The van der Waals surface area contributed by atoms with E-state index >= 15 is 0 Å². The molecular formula is C15H25NO5. The zero-order valence-electron chi connectivity index (χ0n) is 13.6. The molecule has 0 saturated carbocycles. The highest BCUT2D eigenvalue weighted by atomic mass is 16.6. The predicted molar refractivity (Wildman–Crippen MR) is 77.7 cm³/mol. The highest BCUT2D eigenvalue weighted by Gasteiger charge is 2.45. The van der Waals surface area contributed by atoms with Gasteiger partial charge in [-0.25, -0.2) is 9.59 Å². The molecule has 0 spiro atoms. The predicted octanol–water partition coefficient (Wildman–Crippen LogP) is 2.48. The minimum Gasteiger partial charge on any atom is -0.466 e. The normalized spacial score (nSPS) is 21.6. The second kappa shape index (κ2) is 6.47. The largest absolute Gasteiger partial charge is 0.466 e. The van der Waals surface area contributed by atoms with E-state index in [0.29, 0.717) is 13.0 Å². The van der Waals surface area contributed by atoms with E-state index < -0.39 is 23.4 Å². The summed E-state index contributed by atoms with van der Waals surface area (Å²) in [5, 5.41) is 0. The van der Waals surface area contributed by atoms with E-state index in [9.17, 15) is 9.59 Å². The highest BCUT2D eigenvalue weighted by Crippen LogP contribution is 2.30. The first-order valence-electron chi connectivity index (χ1n) is 6.97. The molecule has 0 aromatic carbocycles. The first kappa shape index (κ1) is 17.5. The van der Waals surface area contributed by atoms with E-state index in [1.807, 2.05) is 34.6 Å². The van der Waals surface area contributed by atoms with Gasteiger partial charge in [0.15, 0.2) is 0 Å². The number of hydrogen-bond donors (Lipinski definition) is 0. The summed E-state index contributed by atoms with van der Waals surface area (Å²) in [4.78, 5) is 25.0. The molecule has 120 valence electrons. The van der Waals surface area contributed by atoms with Crippen LogP contribution in [0, 0.1) is 0 Å². The minimum absolute atomic E-state index is 0.171. The fourth-order valence-corrected chi connectivity index (χ4v) is 2.13. The summed E-state index contributed by atoms with van der Waals surface area (Å²) in [7, 11) is 1.32. The van der Waals surface area contributed by atoms with E-state index in [2.05, 4.69) is 4.74 Å². The van der Waals surface area contributed by atoms with Crippen molar-refractivity contribution in [2.75, 3.05) is 13.7 Å². The van der Waals surface area contributed by atoms with E-state index in [1.165, 1.54) is 13.2 Å². The Balaban J connectivity index is 2.77. The van der Waals surface area contributed by atoms with Gasteiger partial charge < -0.3 is 14.2 Å². The molecule has 6 heteroatoms. The quantitative estimate of drug-likeness (QED) is 0.591. The molecule has 21 heavy (non-hydrogen) atoms. The molecule has 1 amide bonds.